The Kier molecular flexibility index (Phi) is 5.42. The molecule has 27 heavy (non-hydrogen) atoms. The van der Waals surface area contributed by atoms with Gasteiger partial charge in [-0.05, 0) is 63.4 Å². The minimum atomic E-state index is -0.729. The van der Waals surface area contributed by atoms with Gasteiger partial charge in [0.1, 0.15) is 0 Å². The first-order valence-electron chi connectivity index (χ1n) is 10.2. The summed E-state index contributed by atoms with van der Waals surface area (Å²) in [4.78, 5) is 29.9. The lowest BCUT2D eigenvalue weighted by molar-refractivity contribution is -0.129. The fraction of sp³-hybridized carbons (Fsp3) is 0.619. The van der Waals surface area contributed by atoms with Crippen LogP contribution in [-0.2, 0) is 15.0 Å². The molecule has 1 aromatic rings. The fourth-order valence-electron chi connectivity index (χ4n) is 4.99. The largest absolute Gasteiger partial charge is 0.355 e. The number of nitrogens with one attached hydrogen (secondary N) is 1. The van der Waals surface area contributed by atoms with Gasteiger partial charge in [0.15, 0.2) is 0 Å². The highest BCUT2D eigenvalue weighted by molar-refractivity contribution is 6.31. The highest BCUT2D eigenvalue weighted by Crippen LogP contribution is 2.45. The molecule has 5 nitrogen and oxygen atoms in total. The van der Waals surface area contributed by atoms with Gasteiger partial charge in [0, 0.05) is 30.6 Å². The van der Waals surface area contributed by atoms with Gasteiger partial charge in [-0.3, -0.25) is 9.59 Å². The molecule has 0 saturated carbocycles. The lowest BCUT2D eigenvalue weighted by atomic mass is 9.76. The van der Waals surface area contributed by atoms with Crippen molar-refractivity contribution in [2.45, 2.75) is 50.0 Å². The summed E-state index contributed by atoms with van der Waals surface area (Å²) in [6, 6.07) is 7.75. The maximum atomic E-state index is 13.3. The maximum absolute atomic E-state index is 13.3. The Morgan fingerprint density at radius 2 is 2.04 bits per heavy atom. The number of hydrogen-bond donors (Lipinski definition) is 1. The van der Waals surface area contributed by atoms with Crippen molar-refractivity contribution in [3.05, 3.63) is 34.9 Å². The monoisotopic (exact) mass is 389 g/mol. The first kappa shape index (κ1) is 18.8. The van der Waals surface area contributed by atoms with Crippen molar-refractivity contribution in [3.8, 4) is 0 Å². The quantitative estimate of drug-likeness (QED) is 0.761. The molecular weight excluding hydrogens is 362 g/mol. The zero-order valence-electron chi connectivity index (χ0n) is 15.8. The van der Waals surface area contributed by atoms with Gasteiger partial charge in [-0.25, -0.2) is 0 Å². The zero-order valence-corrected chi connectivity index (χ0v) is 16.5. The average Bonchev–Trinajstić information content (AvgIpc) is 3.38. The molecule has 0 aromatic heterocycles. The fourth-order valence-corrected chi connectivity index (χ4v) is 5.31. The molecule has 0 spiro atoms. The molecule has 3 fully saturated rings. The van der Waals surface area contributed by atoms with Gasteiger partial charge in [-0.15, -0.1) is 0 Å². The van der Waals surface area contributed by atoms with Crippen LogP contribution >= 0.6 is 11.6 Å². The van der Waals surface area contributed by atoms with E-state index in [0.29, 0.717) is 31.0 Å². The number of rotatable bonds is 6. The molecule has 6 heteroatoms. The standard InChI is InChI=1S/C21H28ClN3O2/c22-18-7-2-1-6-17(18)21(14-16-8-9-19(26)25(16)15-21)20(27)23-10-5-13-24-11-3-4-12-24/h1-2,6-7,16H,3-5,8-15H2,(H,23,27)/t16-,21+/m0/s1. The van der Waals surface area contributed by atoms with Crippen molar-refractivity contribution < 1.29 is 9.59 Å². The van der Waals surface area contributed by atoms with Crippen LogP contribution in [0.4, 0.5) is 0 Å². The van der Waals surface area contributed by atoms with E-state index in [-0.39, 0.29) is 17.9 Å². The number of likely N-dealkylation sites (tertiary alicyclic amines) is 1. The number of carbonyl (C=O) groups is 2. The molecule has 0 bridgehead atoms. The van der Waals surface area contributed by atoms with E-state index in [1.165, 1.54) is 25.9 Å². The normalized spacial score (nSPS) is 28.0. The van der Waals surface area contributed by atoms with Crippen LogP contribution in [0.1, 0.15) is 44.1 Å². The Morgan fingerprint density at radius 1 is 1.26 bits per heavy atom. The minimum Gasteiger partial charge on any atom is -0.355 e. The molecule has 1 aromatic carbocycles. The van der Waals surface area contributed by atoms with Crippen LogP contribution in [-0.4, -0.2) is 60.4 Å². The predicted octanol–water partition coefficient (Wildman–Crippen LogP) is 2.57. The lowest BCUT2D eigenvalue weighted by Gasteiger charge is -2.30. The van der Waals surface area contributed by atoms with E-state index in [0.717, 1.165) is 24.9 Å². The SMILES string of the molecule is O=C1CC[C@H]2C[C@](C(=O)NCCCN3CCCC3)(c3ccccc3Cl)CN12. The van der Waals surface area contributed by atoms with Crippen LogP contribution in [0.25, 0.3) is 0 Å². The molecule has 2 amide bonds. The Hall–Kier alpha value is -1.59. The van der Waals surface area contributed by atoms with E-state index < -0.39 is 5.41 Å². The third-order valence-electron chi connectivity index (χ3n) is 6.44. The van der Waals surface area contributed by atoms with Crippen molar-refractivity contribution in [2.24, 2.45) is 0 Å². The van der Waals surface area contributed by atoms with Crippen molar-refractivity contribution >= 4 is 23.4 Å². The number of halogens is 1. The second-order valence-corrected chi connectivity index (χ2v) is 8.55. The van der Waals surface area contributed by atoms with Crippen molar-refractivity contribution in [2.75, 3.05) is 32.7 Å². The average molecular weight is 390 g/mol. The minimum absolute atomic E-state index is 0.0132. The van der Waals surface area contributed by atoms with Crippen LogP contribution in [0.2, 0.25) is 5.02 Å². The highest BCUT2D eigenvalue weighted by Gasteiger charge is 2.54. The van der Waals surface area contributed by atoms with Crippen LogP contribution in [0, 0.1) is 0 Å². The number of benzene rings is 1. The third kappa shape index (κ3) is 3.59. The van der Waals surface area contributed by atoms with E-state index in [1.807, 2.05) is 29.2 Å². The first-order valence-corrected chi connectivity index (χ1v) is 10.5. The van der Waals surface area contributed by atoms with Gasteiger partial charge in [-0.1, -0.05) is 29.8 Å². The zero-order chi connectivity index (χ0) is 18.9. The molecular formula is C21H28ClN3O2. The van der Waals surface area contributed by atoms with Gasteiger partial charge < -0.3 is 15.1 Å². The van der Waals surface area contributed by atoms with Gasteiger partial charge in [0.05, 0.1) is 5.41 Å². The van der Waals surface area contributed by atoms with E-state index in [4.69, 9.17) is 11.6 Å². The molecule has 146 valence electrons. The Morgan fingerprint density at radius 3 is 2.78 bits per heavy atom. The van der Waals surface area contributed by atoms with Crippen LogP contribution < -0.4 is 5.32 Å². The summed E-state index contributed by atoms with van der Waals surface area (Å²) in [5.41, 5.74) is 0.123. The number of fused-ring (bicyclic) bond motifs is 1. The van der Waals surface area contributed by atoms with E-state index in [1.54, 1.807) is 0 Å². The summed E-state index contributed by atoms with van der Waals surface area (Å²) in [7, 11) is 0. The molecule has 3 aliphatic heterocycles. The number of nitrogens with zero attached hydrogens (tertiary/aromatic N) is 2. The molecule has 3 aliphatic rings. The Bertz CT molecular complexity index is 719. The number of amides is 2. The van der Waals surface area contributed by atoms with Crippen molar-refractivity contribution in [3.63, 3.8) is 0 Å². The van der Waals surface area contributed by atoms with Gasteiger partial charge in [0.2, 0.25) is 11.8 Å². The van der Waals surface area contributed by atoms with Crippen molar-refractivity contribution in [1.82, 2.24) is 15.1 Å². The predicted molar refractivity (Wildman–Crippen MR) is 106 cm³/mol. The van der Waals surface area contributed by atoms with E-state index >= 15 is 0 Å². The third-order valence-corrected chi connectivity index (χ3v) is 6.77. The smallest absolute Gasteiger partial charge is 0.232 e. The Balaban J connectivity index is 1.47. The molecule has 0 radical (unpaired) electrons. The topological polar surface area (TPSA) is 52.7 Å². The van der Waals surface area contributed by atoms with E-state index in [2.05, 4.69) is 10.2 Å². The molecule has 0 aliphatic carbocycles. The van der Waals surface area contributed by atoms with Gasteiger partial charge in [0.25, 0.3) is 0 Å². The van der Waals surface area contributed by atoms with Crippen LogP contribution in [0.5, 0.6) is 0 Å². The molecule has 4 rings (SSSR count). The molecule has 1 N–H and O–H groups in total. The van der Waals surface area contributed by atoms with Gasteiger partial charge >= 0.3 is 0 Å². The lowest BCUT2D eigenvalue weighted by Crippen LogP contribution is -2.47. The second-order valence-electron chi connectivity index (χ2n) is 8.14. The van der Waals surface area contributed by atoms with Crippen LogP contribution in [0.15, 0.2) is 24.3 Å². The van der Waals surface area contributed by atoms with Gasteiger partial charge in [-0.2, -0.15) is 0 Å². The highest BCUT2D eigenvalue weighted by atomic mass is 35.5. The Labute approximate surface area is 166 Å². The summed E-state index contributed by atoms with van der Waals surface area (Å²) in [6.07, 6.45) is 5.63. The first-order chi connectivity index (χ1) is 13.1. The maximum Gasteiger partial charge on any atom is 0.232 e. The summed E-state index contributed by atoms with van der Waals surface area (Å²) in [6.45, 7) is 4.50. The molecule has 0 unspecified atom stereocenters. The number of carbonyl (C=O) groups excluding carboxylic acids is 2. The summed E-state index contributed by atoms with van der Waals surface area (Å²) < 4.78 is 0. The molecule has 2 atom stereocenters. The summed E-state index contributed by atoms with van der Waals surface area (Å²) >= 11 is 6.49. The van der Waals surface area contributed by atoms with Crippen LogP contribution in [0.3, 0.4) is 0 Å². The second kappa shape index (κ2) is 7.80. The van der Waals surface area contributed by atoms with E-state index in [9.17, 15) is 9.59 Å². The van der Waals surface area contributed by atoms with Crippen molar-refractivity contribution in [1.29, 1.82) is 0 Å². The summed E-state index contributed by atoms with van der Waals surface area (Å²) in [5.74, 6) is 0.176. The molecule has 3 saturated heterocycles. The molecule has 3 heterocycles. The summed E-state index contributed by atoms with van der Waals surface area (Å²) in [5, 5.41) is 3.77. The number of hydrogen-bond acceptors (Lipinski definition) is 3.